The summed E-state index contributed by atoms with van der Waals surface area (Å²) in [6.45, 7) is 0. The Bertz CT molecular complexity index is 834. The van der Waals surface area contributed by atoms with Gasteiger partial charge in [0.15, 0.2) is 0 Å². The van der Waals surface area contributed by atoms with E-state index in [-0.39, 0.29) is 0 Å². The highest BCUT2D eigenvalue weighted by Gasteiger charge is 2.22. The van der Waals surface area contributed by atoms with E-state index < -0.39 is 7.82 Å². The Balaban J connectivity index is 2.23. The van der Waals surface area contributed by atoms with Crippen molar-refractivity contribution in [1.29, 1.82) is 0 Å². The molecule has 3 rings (SSSR count). The number of hydrogen-bond acceptors (Lipinski definition) is 3. The molecule has 0 saturated heterocycles. The molecule has 3 aromatic rings. The zero-order chi connectivity index (χ0) is 14.2. The lowest BCUT2D eigenvalue weighted by Gasteiger charge is -2.12. The number of phosphoric acid groups is 1. The fourth-order valence-corrected chi connectivity index (χ4v) is 2.83. The van der Waals surface area contributed by atoms with Gasteiger partial charge in [0, 0.05) is 5.39 Å². The molecule has 0 aliphatic heterocycles. The molecule has 0 aliphatic rings. The maximum absolute atomic E-state index is 11.6. The highest BCUT2D eigenvalue weighted by atomic mass is 127. The van der Waals surface area contributed by atoms with Crippen LogP contribution in [0, 0.1) is 0 Å². The van der Waals surface area contributed by atoms with E-state index in [9.17, 15) is 9.46 Å². The van der Waals surface area contributed by atoms with E-state index in [1.165, 1.54) is 23.0 Å². The Hall–Kier alpha value is -1.14. The Morgan fingerprint density at radius 1 is 0.950 bits per heavy atom. The van der Waals surface area contributed by atoms with Crippen molar-refractivity contribution in [2.75, 3.05) is 0 Å². The summed E-state index contributed by atoms with van der Waals surface area (Å²) >= 11 is 1.36. The average molecular weight is 400 g/mol. The first kappa shape index (κ1) is 13.8. The van der Waals surface area contributed by atoms with Crippen LogP contribution in [-0.4, -0.2) is 4.89 Å². The normalized spacial score (nSPS) is 14.3. The Kier molecular flexibility index (Phi) is 3.69. The number of hydrogen-bond donors (Lipinski definition) is 1. The number of rotatable bonds is 3. The Morgan fingerprint density at radius 3 is 2.30 bits per heavy atom. The minimum absolute atomic E-state index is 0.329. The van der Waals surface area contributed by atoms with Crippen molar-refractivity contribution < 1.29 is 16.8 Å². The predicted octanol–water partition coefficient (Wildman–Crippen LogP) is 4.84. The molecule has 20 heavy (non-hydrogen) atoms. The largest absolute Gasteiger partial charge is 0.537 e. The van der Waals surface area contributed by atoms with E-state index in [1.807, 2.05) is 42.5 Å². The van der Waals surface area contributed by atoms with Crippen LogP contribution in [0.5, 0.6) is 5.75 Å². The van der Waals surface area contributed by atoms with Crippen molar-refractivity contribution in [2.45, 2.75) is 0 Å². The number of fused-ring (bicyclic) bond motifs is 2. The molecule has 0 bridgehead atoms. The lowest BCUT2D eigenvalue weighted by Crippen LogP contribution is -1.92. The fraction of sp³-hybridized carbons (Fsp3) is 0. The summed E-state index contributed by atoms with van der Waals surface area (Å²) in [6.07, 6.45) is 0. The summed E-state index contributed by atoms with van der Waals surface area (Å²) in [4.78, 5) is 9.45. The molecule has 3 aromatic carbocycles. The van der Waals surface area contributed by atoms with Gasteiger partial charge in [-0.3, -0.25) is 4.89 Å². The topological polar surface area (TPSA) is 55.8 Å². The van der Waals surface area contributed by atoms with Gasteiger partial charge in [-0.25, -0.2) is 7.42 Å². The molecule has 1 unspecified atom stereocenters. The van der Waals surface area contributed by atoms with E-state index in [4.69, 9.17) is 4.52 Å². The maximum atomic E-state index is 11.6. The van der Waals surface area contributed by atoms with E-state index >= 15 is 0 Å². The van der Waals surface area contributed by atoms with Gasteiger partial charge in [0.25, 0.3) is 0 Å². The summed E-state index contributed by atoms with van der Waals surface area (Å²) in [7, 11) is -4.07. The molecule has 0 spiro atoms. The van der Waals surface area contributed by atoms with E-state index in [0.717, 1.165) is 21.5 Å². The molecule has 102 valence electrons. The first-order valence-electron chi connectivity index (χ1n) is 5.83. The third-order valence-electron chi connectivity index (χ3n) is 3.01. The fourth-order valence-electron chi connectivity index (χ4n) is 2.16. The molecular weight excluding hydrogens is 390 g/mol. The minimum Gasteiger partial charge on any atom is -0.403 e. The monoisotopic (exact) mass is 400 g/mol. The quantitative estimate of drug-likeness (QED) is 0.389. The molecular formula is C14H10IO4P. The molecule has 0 radical (unpaired) electrons. The Morgan fingerprint density at radius 2 is 1.60 bits per heavy atom. The molecule has 4 nitrogen and oxygen atoms in total. The highest BCUT2D eigenvalue weighted by molar-refractivity contribution is 14.1. The van der Waals surface area contributed by atoms with Gasteiger partial charge in [-0.15, -0.1) is 0 Å². The third kappa shape index (κ3) is 2.67. The zero-order valence-corrected chi connectivity index (χ0v) is 13.2. The van der Waals surface area contributed by atoms with Crippen LogP contribution in [0.2, 0.25) is 0 Å². The number of halogens is 1. The standard InChI is InChI=1S/C14H10IO4P/c15-19-20(16,17)18-14-7-3-6-12-8-10-4-1-2-5-11(10)9-13(12)14/h1-9H,(H,16,17). The zero-order valence-electron chi connectivity index (χ0n) is 10.2. The summed E-state index contributed by atoms with van der Waals surface area (Å²) in [5, 5.41) is 3.86. The van der Waals surface area contributed by atoms with Gasteiger partial charge in [-0.1, -0.05) is 36.4 Å². The first-order valence-corrected chi connectivity index (χ1v) is 8.21. The van der Waals surface area contributed by atoms with Crippen molar-refractivity contribution in [3.63, 3.8) is 0 Å². The SMILES string of the molecule is O=P(O)(OI)Oc1cccc2cc3ccccc3cc12. The van der Waals surface area contributed by atoms with Crippen LogP contribution in [0.25, 0.3) is 21.5 Å². The van der Waals surface area contributed by atoms with Crippen LogP contribution >= 0.6 is 30.8 Å². The maximum Gasteiger partial charge on any atom is 0.537 e. The van der Waals surface area contributed by atoms with Gasteiger partial charge in [0.2, 0.25) is 0 Å². The molecule has 0 fully saturated rings. The molecule has 0 amide bonds. The second-order valence-electron chi connectivity index (χ2n) is 4.31. The van der Waals surface area contributed by atoms with Crippen molar-refractivity contribution in [3.8, 4) is 5.75 Å². The summed E-state index contributed by atoms with van der Waals surface area (Å²) in [5.74, 6) is 0.329. The minimum atomic E-state index is -4.07. The van der Waals surface area contributed by atoms with Gasteiger partial charge >= 0.3 is 7.82 Å². The Labute approximate surface area is 129 Å². The molecule has 1 N–H and O–H groups in total. The van der Waals surface area contributed by atoms with E-state index in [0.29, 0.717) is 5.75 Å². The van der Waals surface area contributed by atoms with Gasteiger partial charge in [-0.05, 0) is 34.4 Å². The van der Waals surface area contributed by atoms with Crippen LogP contribution in [-0.2, 0) is 7.42 Å². The smallest absolute Gasteiger partial charge is 0.403 e. The van der Waals surface area contributed by atoms with E-state index in [2.05, 4.69) is 2.85 Å². The highest BCUT2D eigenvalue weighted by Crippen LogP contribution is 2.47. The van der Waals surface area contributed by atoms with Crippen molar-refractivity contribution in [2.24, 2.45) is 0 Å². The van der Waals surface area contributed by atoms with Crippen molar-refractivity contribution in [1.82, 2.24) is 0 Å². The summed E-state index contributed by atoms with van der Waals surface area (Å²) in [6, 6.07) is 17.2. The van der Waals surface area contributed by atoms with Crippen LogP contribution in [0.15, 0.2) is 54.6 Å². The predicted molar refractivity (Wildman–Crippen MR) is 87.0 cm³/mol. The lowest BCUT2D eigenvalue weighted by molar-refractivity contribution is 0.319. The average Bonchev–Trinajstić information content (AvgIpc) is 2.45. The number of benzene rings is 3. The second-order valence-corrected chi connectivity index (χ2v) is 6.74. The lowest BCUT2D eigenvalue weighted by atomic mass is 10.0. The van der Waals surface area contributed by atoms with E-state index in [1.54, 1.807) is 12.1 Å². The van der Waals surface area contributed by atoms with Gasteiger partial charge in [0.05, 0.1) is 0 Å². The number of phosphoric ester groups is 1. The van der Waals surface area contributed by atoms with Gasteiger partial charge in [0.1, 0.15) is 28.8 Å². The molecule has 0 heterocycles. The van der Waals surface area contributed by atoms with Crippen LogP contribution < -0.4 is 4.52 Å². The first-order chi connectivity index (χ1) is 9.59. The van der Waals surface area contributed by atoms with Crippen molar-refractivity contribution in [3.05, 3.63) is 54.6 Å². The molecule has 1 atom stereocenters. The summed E-state index contributed by atoms with van der Waals surface area (Å²) in [5.41, 5.74) is 0. The summed E-state index contributed by atoms with van der Waals surface area (Å²) < 4.78 is 21.1. The molecule has 0 saturated carbocycles. The van der Waals surface area contributed by atoms with Gasteiger partial charge in [-0.2, -0.15) is 0 Å². The van der Waals surface area contributed by atoms with Crippen LogP contribution in [0.3, 0.4) is 0 Å². The molecule has 6 heteroatoms. The van der Waals surface area contributed by atoms with Crippen molar-refractivity contribution >= 4 is 52.4 Å². The molecule has 0 aliphatic carbocycles. The molecule has 0 aromatic heterocycles. The van der Waals surface area contributed by atoms with Gasteiger partial charge < -0.3 is 4.52 Å². The van der Waals surface area contributed by atoms with Crippen LogP contribution in [0.1, 0.15) is 0 Å². The van der Waals surface area contributed by atoms with Crippen LogP contribution in [0.4, 0.5) is 0 Å². The third-order valence-corrected chi connectivity index (χ3v) is 5.10. The second kappa shape index (κ2) is 5.33.